The number of hydrogen-bond donors (Lipinski definition) is 2. The summed E-state index contributed by atoms with van der Waals surface area (Å²) in [5.74, 6) is 0.636. The average molecular weight is 522 g/mol. The molecule has 3 unspecified atom stereocenters. The largest absolute Gasteiger partial charge is 0.382 e. The Balaban J connectivity index is 1.33. The summed E-state index contributed by atoms with van der Waals surface area (Å²) in [7, 11) is -1.11. The molecule has 0 spiro atoms. The van der Waals surface area contributed by atoms with E-state index in [-0.39, 0.29) is 17.1 Å². The number of benzene rings is 2. The zero-order chi connectivity index (χ0) is 25.8. The highest BCUT2D eigenvalue weighted by molar-refractivity contribution is 7.85. The molecule has 3 heterocycles. The lowest BCUT2D eigenvalue weighted by atomic mass is 10.1. The maximum absolute atomic E-state index is 12.7. The van der Waals surface area contributed by atoms with Crippen LogP contribution in [0.2, 0.25) is 0 Å². The Bertz CT molecular complexity index is 1370. The minimum Gasteiger partial charge on any atom is -0.382 e. The molecule has 3 N–H and O–H groups in total. The molecule has 0 bridgehead atoms. The second kappa shape index (κ2) is 11.3. The average Bonchev–Trinajstić information content (AvgIpc) is 3.65. The number of ether oxygens (including phenoxy) is 1. The Kier molecular flexibility index (Phi) is 7.68. The van der Waals surface area contributed by atoms with E-state index in [4.69, 9.17) is 15.0 Å². The molecule has 4 aromatic rings. The summed E-state index contributed by atoms with van der Waals surface area (Å²) in [5.41, 5.74) is 10.5. The highest BCUT2D eigenvalue weighted by Crippen LogP contribution is 2.30. The zero-order valence-corrected chi connectivity index (χ0v) is 21.2. The molecule has 2 aromatic carbocycles. The molecule has 1 aliphatic heterocycles. The molecule has 37 heavy (non-hydrogen) atoms. The van der Waals surface area contributed by atoms with E-state index in [1.54, 1.807) is 19.2 Å². The maximum atomic E-state index is 12.7. The van der Waals surface area contributed by atoms with Crippen LogP contribution in [-0.2, 0) is 22.1 Å². The summed E-state index contributed by atoms with van der Waals surface area (Å²) in [6, 6.07) is 16.9. The minimum absolute atomic E-state index is 0.0346. The van der Waals surface area contributed by atoms with Gasteiger partial charge in [-0.05, 0) is 31.0 Å². The highest BCUT2D eigenvalue weighted by Gasteiger charge is 2.23. The third-order valence-corrected chi connectivity index (χ3v) is 7.97. The normalized spacial score (nSPS) is 17.1. The van der Waals surface area contributed by atoms with Crippen LogP contribution in [0.15, 0.2) is 70.2 Å². The Morgan fingerprint density at radius 2 is 1.86 bits per heavy atom. The summed E-state index contributed by atoms with van der Waals surface area (Å²) in [5, 5.41) is 7.34. The molecule has 0 saturated carbocycles. The SMILES string of the molecule is CC(CF)NCc1ccc(-c2cc(-c3nc(-c4ccc(S(=O)C5CCOC5)cc4)cnc3N)on2)cc1. The number of rotatable bonds is 9. The van der Waals surface area contributed by atoms with Crippen molar-refractivity contribution in [1.82, 2.24) is 20.4 Å². The van der Waals surface area contributed by atoms with Crippen LogP contribution in [-0.4, -0.2) is 50.5 Å². The minimum atomic E-state index is -1.11. The number of halogens is 1. The number of nitrogens with one attached hydrogen (secondary N) is 1. The van der Waals surface area contributed by atoms with Crippen molar-refractivity contribution < 1.29 is 17.9 Å². The summed E-state index contributed by atoms with van der Waals surface area (Å²) in [6.07, 6.45) is 2.41. The molecule has 1 aliphatic rings. The first-order valence-corrected chi connectivity index (χ1v) is 13.3. The Hall–Kier alpha value is -3.47. The van der Waals surface area contributed by atoms with E-state index in [1.165, 1.54) is 0 Å². The summed E-state index contributed by atoms with van der Waals surface area (Å²) in [4.78, 5) is 9.75. The lowest BCUT2D eigenvalue weighted by molar-refractivity contribution is 0.199. The predicted octanol–water partition coefficient (Wildman–Crippen LogP) is 4.39. The molecule has 0 aliphatic carbocycles. The highest BCUT2D eigenvalue weighted by atomic mass is 32.2. The number of nitrogens with zero attached hydrogens (tertiary/aromatic N) is 3. The van der Waals surface area contributed by atoms with Crippen molar-refractivity contribution in [3.63, 3.8) is 0 Å². The van der Waals surface area contributed by atoms with E-state index in [0.717, 1.165) is 28.0 Å². The van der Waals surface area contributed by atoms with Gasteiger partial charge in [0.2, 0.25) is 0 Å². The van der Waals surface area contributed by atoms with Gasteiger partial charge in [0.25, 0.3) is 0 Å². The Morgan fingerprint density at radius 1 is 1.14 bits per heavy atom. The van der Waals surface area contributed by atoms with Crippen molar-refractivity contribution in [2.75, 3.05) is 25.6 Å². The van der Waals surface area contributed by atoms with Gasteiger partial charge >= 0.3 is 0 Å². The van der Waals surface area contributed by atoms with Crippen LogP contribution in [0, 0.1) is 0 Å². The first-order valence-electron chi connectivity index (χ1n) is 12.1. The number of aromatic nitrogens is 3. The number of anilines is 1. The van der Waals surface area contributed by atoms with E-state index in [9.17, 15) is 8.60 Å². The van der Waals surface area contributed by atoms with Crippen LogP contribution in [0.1, 0.15) is 18.9 Å². The molecule has 0 radical (unpaired) electrons. The first-order chi connectivity index (χ1) is 18.0. The van der Waals surface area contributed by atoms with Gasteiger partial charge < -0.3 is 20.3 Å². The van der Waals surface area contributed by atoms with Crippen LogP contribution in [0.5, 0.6) is 0 Å². The maximum Gasteiger partial charge on any atom is 0.189 e. The molecule has 2 aromatic heterocycles. The van der Waals surface area contributed by atoms with Crippen LogP contribution in [0.4, 0.5) is 10.2 Å². The van der Waals surface area contributed by atoms with Gasteiger partial charge in [0.15, 0.2) is 17.3 Å². The van der Waals surface area contributed by atoms with Gasteiger partial charge in [-0.3, -0.25) is 4.21 Å². The fraction of sp³-hybridized carbons (Fsp3) is 0.296. The van der Waals surface area contributed by atoms with E-state index < -0.39 is 17.5 Å². The zero-order valence-electron chi connectivity index (χ0n) is 20.4. The van der Waals surface area contributed by atoms with Crippen molar-refractivity contribution in [2.45, 2.75) is 36.1 Å². The van der Waals surface area contributed by atoms with Crippen molar-refractivity contribution in [3.8, 4) is 34.0 Å². The van der Waals surface area contributed by atoms with E-state index in [1.807, 2.05) is 48.5 Å². The quantitative estimate of drug-likeness (QED) is 0.333. The van der Waals surface area contributed by atoms with Crippen LogP contribution in [0.25, 0.3) is 34.0 Å². The summed E-state index contributed by atoms with van der Waals surface area (Å²) < 4.78 is 36.3. The third kappa shape index (κ3) is 5.76. The van der Waals surface area contributed by atoms with Gasteiger partial charge in [-0.15, -0.1) is 0 Å². The molecule has 0 amide bonds. The molecule has 3 atom stereocenters. The fourth-order valence-electron chi connectivity index (χ4n) is 4.02. The number of nitrogen functional groups attached to an aromatic ring is 1. The Morgan fingerprint density at radius 3 is 2.57 bits per heavy atom. The standard InChI is InChI=1S/C27H28FN5O3S/c1-17(13-28)30-14-18-2-4-19(5-3-18)23-12-25(36-33-23)26-27(29)31-15-24(32-26)20-6-8-21(9-7-20)37(34)22-10-11-35-16-22/h2-9,12,15,17,22,30H,10-11,13-14,16H2,1H3,(H2,29,31). The molecule has 5 rings (SSSR count). The lowest BCUT2D eigenvalue weighted by Crippen LogP contribution is -2.27. The number of hydrogen-bond acceptors (Lipinski definition) is 8. The molecule has 10 heteroatoms. The van der Waals surface area contributed by atoms with Gasteiger partial charge in [0.1, 0.15) is 12.4 Å². The van der Waals surface area contributed by atoms with Gasteiger partial charge in [0, 0.05) is 41.3 Å². The van der Waals surface area contributed by atoms with Crippen LogP contribution < -0.4 is 11.1 Å². The monoisotopic (exact) mass is 521 g/mol. The summed E-state index contributed by atoms with van der Waals surface area (Å²) >= 11 is 0. The predicted molar refractivity (Wildman–Crippen MR) is 141 cm³/mol. The fourth-order valence-corrected chi connectivity index (χ4v) is 5.34. The van der Waals surface area contributed by atoms with Gasteiger partial charge in [-0.2, -0.15) is 0 Å². The first kappa shape index (κ1) is 25.2. The van der Waals surface area contributed by atoms with Crippen molar-refractivity contribution >= 4 is 16.6 Å². The van der Waals surface area contributed by atoms with E-state index in [2.05, 4.69) is 20.4 Å². The van der Waals surface area contributed by atoms with E-state index >= 15 is 0 Å². The molecule has 1 saturated heterocycles. The molecular formula is C27H28FN5O3S. The van der Waals surface area contributed by atoms with Crippen molar-refractivity contribution in [2.24, 2.45) is 0 Å². The molecular weight excluding hydrogens is 493 g/mol. The van der Waals surface area contributed by atoms with Gasteiger partial charge in [0.05, 0.1) is 34.5 Å². The van der Waals surface area contributed by atoms with Crippen LogP contribution in [0.3, 0.4) is 0 Å². The van der Waals surface area contributed by atoms with Crippen LogP contribution >= 0.6 is 0 Å². The van der Waals surface area contributed by atoms with Gasteiger partial charge in [-0.25, -0.2) is 14.4 Å². The third-order valence-electron chi connectivity index (χ3n) is 6.25. The van der Waals surface area contributed by atoms with Crippen molar-refractivity contribution in [1.29, 1.82) is 0 Å². The molecule has 1 fully saturated rings. The van der Waals surface area contributed by atoms with E-state index in [0.29, 0.717) is 42.6 Å². The summed E-state index contributed by atoms with van der Waals surface area (Å²) in [6.45, 7) is 3.17. The topological polar surface area (TPSA) is 116 Å². The second-order valence-electron chi connectivity index (χ2n) is 9.01. The van der Waals surface area contributed by atoms with Gasteiger partial charge in [-0.1, -0.05) is 41.6 Å². The lowest BCUT2D eigenvalue weighted by Gasteiger charge is -2.09. The number of nitrogens with two attached hydrogens (primary N) is 1. The second-order valence-corrected chi connectivity index (χ2v) is 10.7. The Labute approximate surface area is 216 Å². The number of alkyl halides is 1. The van der Waals surface area contributed by atoms with Crippen molar-refractivity contribution in [3.05, 3.63) is 66.4 Å². The molecule has 192 valence electrons. The molecule has 8 nitrogen and oxygen atoms in total. The smallest absolute Gasteiger partial charge is 0.189 e.